The molecule has 2 aromatic carbocycles. The summed E-state index contributed by atoms with van der Waals surface area (Å²) < 4.78 is 5.35. The Labute approximate surface area is 134 Å². The number of ether oxygens (including phenoxy) is 1. The van der Waals surface area contributed by atoms with Gasteiger partial charge in [0, 0.05) is 28.2 Å². The molecule has 5 heteroatoms. The average Bonchev–Trinajstić information content (AvgIpc) is 2.99. The van der Waals surface area contributed by atoms with E-state index in [1.807, 2.05) is 37.4 Å². The maximum Gasteiger partial charge on any atom is 0.271 e. The Bertz CT molecular complexity index is 835. The average molecular weight is 307 g/mol. The monoisotopic (exact) mass is 307 g/mol. The van der Waals surface area contributed by atoms with Gasteiger partial charge in [-0.1, -0.05) is 18.2 Å². The normalized spacial score (nSPS) is 11.0. The summed E-state index contributed by atoms with van der Waals surface area (Å²) in [6, 6.07) is 14.9. The lowest BCUT2D eigenvalue weighted by Crippen LogP contribution is -2.17. The van der Waals surface area contributed by atoms with E-state index >= 15 is 0 Å². The first kappa shape index (κ1) is 14.8. The van der Waals surface area contributed by atoms with Gasteiger partial charge >= 0.3 is 0 Å². The molecule has 0 aliphatic heterocycles. The number of hydrogen-bond acceptors (Lipinski definition) is 3. The maximum absolute atomic E-state index is 12.0. The van der Waals surface area contributed by atoms with Crippen LogP contribution in [-0.2, 0) is 0 Å². The lowest BCUT2D eigenvalue weighted by molar-refractivity contribution is 0.0955. The van der Waals surface area contributed by atoms with E-state index in [4.69, 9.17) is 4.74 Å². The second-order valence-electron chi connectivity index (χ2n) is 4.95. The number of nitrogens with zero attached hydrogens (tertiary/aromatic N) is 1. The summed E-state index contributed by atoms with van der Waals surface area (Å²) in [5, 5.41) is 5.08. The van der Waals surface area contributed by atoms with Crippen LogP contribution in [0.2, 0.25) is 0 Å². The third kappa shape index (κ3) is 3.40. The quantitative estimate of drug-likeness (QED) is 0.561. The van der Waals surface area contributed by atoms with Crippen LogP contribution in [0.3, 0.4) is 0 Å². The van der Waals surface area contributed by atoms with Gasteiger partial charge in [0.1, 0.15) is 5.75 Å². The molecular formula is C18H17N3O2. The van der Waals surface area contributed by atoms with Crippen LogP contribution >= 0.6 is 0 Å². The number of hydrogen-bond donors (Lipinski definition) is 2. The van der Waals surface area contributed by atoms with Crippen molar-refractivity contribution in [3.05, 3.63) is 65.9 Å². The Morgan fingerprint density at radius 1 is 1.22 bits per heavy atom. The number of aromatic nitrogens is 1. The van der Waals surface area contributed by atoms with E-state index in [1.165, 1.54) is 0 Å². The number of amides is 1. The lowest BCUT2D eigenvalue weighted by atomic mass is 10.2. The summed E-state index contributed by atoms with van der Waals surface area (Å²) in [5.74, 6) is 0.482. The van der Waals surface area contributed by atoms with Crippen LogP contribution in [0.25, 0.3) is 10.9 Å². The first-order chi connectivity index (χ1) is 11.3. The number of H-pyrrole nitrogens is 1. The molecule has 0 aliphatic carbocycles. The summed E-state index contributed by atoms with van der Waals surface area (Å²) >= 11 is 0. The summed E-state index contributed by atoms with van der Waals surface area (Å²) in [7, 11) is 0. The van der Waals surface area contributed by atoms with E-state index in [0.717, 1.165) is 22.2 Å². The molecule has 3 rings (SSSR count). The Balaban J connectivity index is 1.66. The van der Waals surface area contributed by atoms with Gasteiger partial charge in [-0.25, -0.2) is 5.43 Å². The molecule has 0 atom stereocenters. The van der Waals surface area contributed by atoms with Crippen molar-refractivity contribution in [2.75, 3.05) is 6.61 Å². The van der Waals surface area contributed by atoms with Crippen LogP contribution in [0.15, 0.2) is 59.8 Å². The fraction of sp³-hybridized carbons (Fsp3) is 0.111. The van der Waals surface area contributed by atoms with Crippen molar-refractivity contribution in [1.29, 1.82) is 0 Å². The fourth-order valence-electron chi connectivity index (χ4n) is 2.29. The van der Waals surface area contributed by atoms with Crippen LogP contribution in [-0.4, -0.2) is 23.7 Å². The molecule has 2 N–H and O–H groups in total. The Morgan fingerprint density at radius 2 is 2.00 bits per heavy atom. The number of fused-ring (bicyclic) bond motifs is 1. The molecule has 0 saturated carbocycles. The van der Waals surface area contributed by atoms with E-state index < -0.39 is 0 Å². The van der Waals surface area contributed by atoms with E-state index in [9.17, 15) is 4.79 Å². The smallest absolute Gasteiger partial charge is 0.271 e. The Hall–Kier alpha value is -3.08. The minimum absolute atomic E-state index is 0.260. The van der Waals surface area contributed by atoms with Gasteiger partial charge in [0.15, 0.2) is 0 Å². The van der Waals surface area contributed by atoms with Gasteiger partial charge in [-0.05, 0) is 37.3 Å². The number of rotatable bonds is 5. The fourth-order valence-corrected chi connectivity index (χ4v) is 2.29. The molecule has 5 nitrogen and oxygen atoms in total. The van der Waals surface area contributed by atoms with E-state index in [0.29, 0.717) is 12.2 Å². The largest absolute Gasteiger partial charge is 0.494 e. The SMILES string of the molecule is CCOc1ccc(C(=O)N/N=C\c2c[nH]c3ccccc23)cc1. The first-order valence-corrected chi connectivity index (χ1v) is 7.40. The molecule has 0 unspecified atom stereocenters. The molecule has 0 radical (unpaired) electrons. The number of para-hydroxylation sites is 1. The van der Waals surface area contributed by atoms with Gasteiger partial charge in [0.05, 0.1) is 12.8 Å². The van der Waals surface area contributed by atoms with Crippen molar-refractivity contribution >= 4 is 23.0 Å². The predicted octanol–water partition coefficient (Wildman–Crippen LogP) is 3.33. The molecule has 1 amide bonds. The van der Waals surface area contributed by atoms with Crippen LogP contribution in [0.5, 0.6) is 5.75 Å². The van der Waals surface area contributed by atoms with E-state index in [-0.39, 0.29) is 5.91 Å². The summed E-state index contributed by atoms with van der Waals surface area (Å²) in [5.41, 5.74) is 5.02. The van der Waals surface area contributed by atoms with Crippen molar-refractivity contribution in [3.63, 3.8) is 0 Å². The van der Waals surface area contributed by atoms with Crippen molar-refractivity contribution in [2.24, 2.45) is 5.10 Å². The highest BCUT2D eigenvalue weighted by Crippen LogP contribution is 2.15. The number of nitrogens with one attached hydrogen (secondary N) is 2. The van der Waals surface area contributed by atoms with Gasteiger partial charge in [-0.2, -0.15) is 5.10 Å². The van der Waals surface area contributed by atoms with E-state index in [1.54, 1.807) is 30.5 Å². The predicted molar refractivity (Wildman–Crippen MR) is 91.0 cm³/mol. The minimum Gasteiger partial charge on any atom is -0.494 e. The number of carbonyl (C=O) groups is 1. The second-order valence-corrected chi connectivity index (χ2v) is 4.95. The highest BCUT2D eigenvalue weighted by molar-refractivity contribution is 6.00. The molecule has 0 aliphatic rings. The Kier molecular flexibility index (Phi) is 4.38. The van der Waals surface area contributed by atoms with Crippen LogP contribution in [0.1, 0.15) is 22.8 Å². The van der Waals surface area contributed by atoms with Gasteiger partial charge in [0.25, 0.3) is 5.91 Å². The van der Waals surface area contributed by atoms with Crippen LogP contribution in [0.4, 0.5) is 0 Å². The zero-order valence-electron chi connectivity index (χ0n) is 12.7. The number of aromatic amines is 1. The van der Waals surface area contributed by atoms with Crippen molar-refractivity contribution in [2.45, 2.75) is 6.92 Å². The topological polar surface area (TPSA) is 66.5 Å². The van der Waals surface area contributed by atoms with Crippen molar-refractivity contribution in [3.8, 4) is 5.75 Å². The molecule has 23 heavy (non-hydrogen) atoms. The summed E-state index contributed by atoms with van der Waals surface area (Å²) in [4.78, 5) is 15.2. The lowest BCUT2D eigenvalue weighted by Gasteiger charge is -2.03. The van der Waals surface area contributed by atoms with Crippen LogP contribution < -0.4 is 10.2 Å². The maximum atomic E-state index is 12.0. The first-order valence-electron chi connectivity index (χ1n) is 7.40. The number of benzene rings is 2. The zero-order valence-corrected chi connectivity index (χ0v) is 12.7. The Morgan fingerprint density at radius 3 is 2.78 bits per heavy atom. The summed E-state index contributed by atoms with van der Waals surface area (Å²) in [6.45, 7) is 2.51. The van der Waals surface area contributed by atoms with Crippen molar-refractivity contribution < 1.29 is 9.53 Å². The van der Waals surface area contributed by atoms with Crippen molar-refractivity contribution in [1.82, 2.24) is 10.4 Å². The standard InChI is InChI=1S/C18H17N3O2/c1-2-23-15-9-7-13(8-10-15)18(22)21-20-12-14-11-19-17-6-4-3-5-16(14)17/h3-12,19H,2H2,1H3,(H,21,22)/b20-12-. The summed E-state index contributed by atoms with van der Waals surface area (Å²) in [6.07, 6.45) is 3.49. The highest BCUT2D eigenvalue weighted by atomic mass is 16.5. The van der Waals surface area contributed by atoms with Gasteiger partial charge in [0.2, 0.25) is 0 Å². The number of hydrazone groups is 1. The third-order valence-electron chi connectivity index (χ3n) is 3.42. The van der Waals surface area contributed by atoms with Gasteiger partial charge in [-0.15, -0.1) is 0 Å². The molecule has 3 aromatic rings. The van der Waals surface area contributed by atoms with Gasteiger partial charge < -0.3 is 9.72 Å². The van der Waals surface area contributed by atoms with Crippen LogP contribution in [0, 0.1) is 0 Å². The molecule has 0 fully saturated rings. The molecule has 1 aromatic heterocycles. The third-order valence-corrected chi connectivity index (χ3v) is 3.42. The molecule has 116 valence electrons. The second kappa shape index (κ2) is 6.79. The number of carbonyl (C=O) groups excluding carboxylic acids is 1. The highest BCUT2D eigenvalue weighted by Gasteiger charge is 2.04. The van der Waals surface area contributed by atoms with Gasteiger partial charge in [-0.3, -0.25) is 4.79 Å². The molecule has 0 saturated heterocycles. The molecule has 0 spiro atoms. The minimum atomic E-state index is -0.260. The molecule has 0 bridgehead atoms. The van der Waals surface area contributed by atoms with E-state index in [2.05, 4.69) is 15.5 Å². The molecule has 1 heterocycles. The molecular weight excluding hydrogens is 290 g/mol. The zero-order chi connectivity index (χ0) is 16.1.